The molecule has 0 bridgehead atoms. The van der Waals surface area contributed by atoms with Crippen LogP contribution in [0.5, 0.6) is 0 Å². The van der Waals surface area contributed by atoms with Crippen LogP contribution in [-0.2, 0) is 0 Å². The number of rotatable bonds is 18. The van der Waals surface area contributed by atoms with Crippen molar-refractivity contribution in [1.82, 2.24) is 10.2 Å². The summed E-state index contributed by atoms with van der Waals surface area (Å²) in [5.74, 6) is 0. The Hall–Kier alpha value is -0.0800. The molecule has 2 nitrogen and oxygen atoms in total. The Morgan fingerprint density at radius 1 is 0.609 bits per heavy atom. The summed E-state index contributed by atoms with van der Waals surface area (Å²) in [5, 5.41) is 3.79. The third kappa shape index (κ3) is 14.0. The lowest BCUT2D eigenvalue weighted by atomic mass is 10.1. The Labute approximate surface area is 147 Å². The van der Waals surface area contributed by atoms with Gasteiger partial charge >= 0.3 is 0 Å². The van der Waals surface area contributed by atoms with E-state index in [-0.39, 0.29) is 0 Å². The fourth-order valence-corrected chi connectivity index (χ4v) is 3.41. The van der Waals surface area contributed by atoms with Crippen LogP contribution in [0.15, 0.2) is 0 Å². The topological polar surface area (TPSA) is 15.3 Å². The van der Waals surface area contributed by atoms with Crippen molar-refractivity contribution in [2.45, 2.75) is 117 Å². The fourth-order valence-electron chi connectivity index (χ4n) is 3.41. The zero-order chi connectivity index (χ0) is 17.2. The molecule has 0 aliphatic heterocycles. The van der Waals surface area contributed by atoms with Crippen LogP contribution < -0.4 is 5.32 Å². The Balaban J connectivity index is 3.53. The van der Waals surface area contributed by atoms with E-state index >= 15 is 0 Å². The minimum absolute atomic E-state index is 0.591. The van der Waals surface area contributed by atoms with Gasteiger partial charge in [0.25, 0.3) is 0 Å². The van der Waals surface area contributed by atoms with Gasteiger partial charge in [-0.1, -0.05) is 85.5 Å². The van der Waals surface area contributed by atoms with Crippen molar-refractivity contribution in [2.24, 2.45) is 0 Å². The second-order valence-electron chi connectivity index (χ2n) is 7.10. The summed E-state index contributed by atoms with van der Waals surface area (Å²) in [6.07, 6.45) is 18.6. The second-order valence-corrected chi connectivity index (χ2v) is 7.10. The molecule has 2 heteroatoms. The largest absolute Gasteiger partial charge is 0.302 e. The maximum Gasteiger partial charge on any atom is 0.0594 e. The van der Waals surface area contributed by atoms with E-state index in [2.05, 4.69) is 37.9 Å². The van der Waals surface area contributed by atoms with Gasteiger partial charge in [0.05, 0.1) is 6.17 Å². The highest BCUT2D eigenvalue weighted by Crippen LogP contribution is 2.10. The zero-order valence-corrected chi connectivity index (χ0v) is 16.8. The summed E-state index contributed by atoms with van der Waals surface area (Å²) in [4.78, 5) is 2.64. The summed E-state index contributed by atoms with van der Waals surface area (Å²) >= 11 is 0. The number of unbranched alkanes of at least 4 members (excludes halogenated alkanes) is 9. The predicted molar refractivity (Wildman–Crippen MR) is 106 cm³/mol. The molecule has 0 aromatic heterocycles. The maximum atomic E-state index is 3.79. The molecule has 1 atom stereocenters. The first-order valence-corrected chi connectivity index (χ1v) is 10.8. The third-order valence-corrected chi connectivity index (χ3v) is 4.76. The van der Waals surface area contributed by atoms with E-state index in [1.165, 1.54) is 103 Å². The van der Waals surface area contributed by atoms with Gasteiger partial charge in [0.2, 0.25) is 0 Å². The number of nitrogens with one attached hydrogen (secondary N) is 1. The molecule has 0 aromatic carbocycles. The first kappa shape index (κ1) is 22.9. The molecule has 0 aromatic rings. The van der Waals surface area contributed by atoms with Crippen LogP contribution in [0, 0.1) is 0 Å². The van der Waals surface area contributed by atoms with Crippen LogP contribution >= 0.6 is 0 Å². The lowest BCUT2D eigenvalue weighted by Crippen LogP contribution is -2.46. The van der Waals surface area contributed by atoms with Gasteiger partial charge in [-0.05, 0) is 45.3 Å². The molecule has 0 aliphatic rings. The molecule has 0 saturated heterocycles. The molecule has 0 rings (SSSR count). The van der Waals surface area contributed by atoms with Crippen LogP contribution in [0.25, 0.3) is 0 Å². The average Bonchev–Trinajstić information content (AvgIpc) is 2.56. The second kappa shape index (κ2) is 18.3. The Bertz CT molecular complexity index is 212. The van der Waals surface area contributed by atoms with Crippen molar-refractivity contribution in [1.29, 1.82) is 0 Å². The monoisotopic (exact) mass is 326 g/mol. The van der Waals surface area contributed by atoms with Gasteiger partial charge in [-0.3, -0.25) is 4.90 Å². The van der Waals surface area contributed by atoms with Crippen LogP contribution in [0.2, 0.25) is 0 Å². The van der Waals surface area contributed by atoms with Gasteiger partial charge in [-0.15, -0.1) is 0 Å². The molecule has 0 saturated carbocycles. The highest BCUT2D eigenvalue weighted by molar-refractivity contribution is 4.68. The van der Waals surface area contributed by atoms with Crippen molar-refractivity contribution >= 4 is 0 Å². The van der Waals surface area contributed by atoms with Gasteiger partial charge < -0.3 is 5.32 Å². The standard InChI is InChI=1S/C21H46N2/c1-5-9-10-11-12-13-14-15-16-17-18-22-21(8-4)23(19-6-2)20-7-3/h21-22H,5-20H2,1-4H3. The lowest BCUT2D eigenvalue weighted by Gasteiger charge is -2.31. The minimum Gasteiger partial charge on any atom is -0.302 e. The van der Waals surface area contributed by atoms with Gasteiger partial charge in [0.15, 0.2) is 0 Å². The van der Waals surface area contributed by atoms with E-state index in [9.17, 15) is 0 Å². The van der Waals surface area contributed by atoms with Crippen LogP contribution in [0.1, 0.15) is 111 Å². The normalized spacial score (nSPS) is 12.9. The maximum absolute atomic E-state index is 3.79. The Kier molecular flexibility index (Phi) is 18.2. The van der Waals surface area contributed by atoms with Crippen molar-refractivity contribution in [3.63, 3.8) is 0 Å². The molecule has 23 heavy (non-hydrogen) atoms. The molecule has 0 amide bonds. The van der Waals surface area contributed by atoms with E-state index in [0.29, 0.717) is 6.17 Å². The molecule has 0 spiro atoms. The number of hydrogen-bond donors (Lipinski definition) is 1. The van der Waals surface area contributed by atoms with Crippen molar-refractivity contribution in [3.8, 4) is 0 Å². The molecule has 0 heterocycles. The Morgan fingerprint density at radius 3 is 1.52 bits per heavy atom. The first-order valence-electron chi connectivity index (χ1n) is 10.8. The molecular formula is C21H46N2. The van der Waals surface area contributed by atoms with Gasteiger partial charge in [0.1, 0.15) is 0 Å². The van der Waals surface area contributed by atoms with Gasteiger partial charge in [0, 0.05) is 0 Å². The molecule has 140 valence electrons. The van der Waals surface area contributed by atoms with Crippen LogP contribution in [-0.4, -0.2) is 30.7 Å². The minimum atomic E-state index is 0.591. The highest BCUT2D eigenvalue weighted by atomic mass is 15.3. The average molecular weight is 327 g/mol. The summed E-state index contributed by atoms with van der Waals surface area (Å²) in [7, 11) is 0. The van der Waals surface area contributed by atoms with Crippen molar-refractivity contribution < 1.29 is 0 Å². The number of nitrogens with zero attached hydrogens (tertiary/aromatic N) is 1. The van der Waals surface area contributed by atoms with E-state index in [4.69, 9.17) is 0 Å². The first-order chi connectivity index (χ1) is 11.3. The SMILES string of the molecule is CCCCCCCCCCCCNC(CC)N(CCC)CCC. The van der Waals surface area contributed by atoms with E-state index < -0.39 is 0 Å². The Morgan fingerprint density at radius 2 is 1.09 bits per heavy atom. The van der Waals surface area contributed by atoms with Crippen LogP contribution in [0.4, 0.5) is 0 Å². The highest BCUT2D eigenvalue weighted by Gasteiger charge is 2.13. The van der Waals surface area contributed by atoms with E-state index in [1.807, 2.05) is 0 Å². The summed E-state index contributed by atoms with van der Waals surface area (Å²) < 4.78 is 0. The van der Waals surface area contributed by atoms with Gasteiger partial charge in [-0.25, -0.2) is 0 Å². The summed E-state index contributed by atoms with van der Waals surface area (Å²) in [6.45, 7) is 12.8. The fraction of sp³-hybridized carbons (Fsp3) is 1.00. The molecule has 0 aliphatic carbocycles. The quantitative estimate of drug-likeness (QED) is 0.233. The van der Waals surface area contributed by atoms with Gasteiger partial charge in [-0.2, -0.15) is 0 Å². The van der Waals surface area contributed by atoms with E-state index in [0.717, 1.165) is 0 Å². The molecule has 1 unspecified atom stereocenters. The number of hydrogen-bond acceptors (Lipinski definition) is 2. The molecule has 0 radical (unpaired) electrons. The van der Waals surface area contributed by atoms with E-state index in [1.54, 1.807) is 0 Å². The van der Waals surface area contributed by atoms with Crippen LogP contribution in [0.3, 0.4) is 0 Å². The molecule has 0 fully saturated rings. The summed E-state index contributed by atoms with van der Waals surface area (Å²) in [5.41, 5.74) is 0. The lowest BCUT2D eigenvalue weighted by molar-refractivity contribution is 0.159. The molecule has 1 N–H and O–H groups in total. The molecular weight excluding hydrogens is 280 g/mol. The zero-order valence-electron chi connectivity index (χ0n) is 16.8. The third-order valence-electron chi connectivity index (χ3n) is 4.76. The van der Waals surface area contributed by atoms with Crippen molar-refractivity contribution in [3.05, 3.63) is 0 Å². The van der Waals surface area contributed by atoms with Crippen molar-refractivity contribution in [2.75, 3.05) is 19.6 Å². The predicted octanol–water partition coefficient (Wildman–Crippen LogP) is 6.36. The smallest absolute Gasteiger partial charge is 0.0594 e. The summed E-state index contributed by atoms with van der Waals surface area (Å²) in [6, 6.07) is 0.